The summed E-state index contributed by atoms with van der Waals surface area (Å²) in [5, 5.41) is 5.42. The van der Waals surface area contributed by atoms with E-state index < -0.39 is 5.91 Å². The first-order valence-corrected chi connectivity index (χ1v) is 11.1. The van der Waals surface area contributed by atoms with Crippen molar-refractivity contribution < 1.29 is 14.4 Å². The predicted octanol–water partition coefficient (Wildman–Crippen LogP) is 4.01. The lowest BCUT2D eigenvalue weighted by Crippen LogP contribution is -2.41. The number of aryl methyl sites for hydroxylation is 2. The van der Waals surface area contributed by atoms with Crippen molar-refractivity contribution in [2.45, 2.75) is 58.4 Å². The minimum atomic E-state index is -0.420. The van der Waals surface area contributed by atoms with Gasteiger partial charge in [-0.05, 0) is 75.4 Å². The summed E-state index contributed by atoms with van der Waals surface area (Å²) < 4.78 is 0. The Morgan fingerprint density at radius 1 is 0.900 bits per heavy atom. The molecule has 0 saturated heterocycles. The smallest absolute Gasteiger partial charge is 0.319 e. The van der Waals surface area contributed by atoms with Crippen molar-refractivity contribution in [3.8, 4) is 0 Å². The largest absolute Gasteiger partial charge is 0.336 e. The Kier molecular flexibility index (Phi) is 7.46. The molecule has 1 heterocycles. The standard InChI is InChI=1S/C22H28N4O3S/c1-14(2)23-22(29)24-17-11-9-15(10-12-17)20(27)25-26-21(28)19-13-16-7-5-3-4-6-8-18(16)30-19/h9-14H,3-8H2,1-2H3,(H,25,27)(H,26,28)(H2,23,24,29). The number of hydrogen-bond donors (Lipinski definition) is 4. The predicted molar refractivity (Wildman–Crippen MR) is 119 cm³/mol. The van der Waals surface area contributed by atoms with Gasteiger partial charge in [0.05, 0.1) is 4.88 Å². The summed E-state index contributed by atoms with van der Waals surface area (Å²) in [6.45, 7) is 3.74. The highest BCUT2D eigenvalue weighted by atomic mass is 32.1. The van der Waals surface area contributed by atoms with E-state index in [-0.39, 0.29) is 18.0 Å². The summed E-state index contributed by atoms with van der Waals surface area (Å²) >= 11 is 1.52. The van der Waals surface area contributed by atoms with Crippen molar-refractivity contribution in [3.63, 3.8) is 0 Å². The first-order chi connectivity index (χ1) is 14.4. The van der Waals surface area contributed by atoms with E-state index in [9.17, 15) is 14.4 Å². The Hall–Kier alpha value is -2.87. The highest BCUT2D eigenvalue weighted by Gasteiger charge is 2.16. The molecule has 1 aromatic carbocycles. The molecule has 0 saturated carbocycles. The maximum absolute atomic E-state index is 12.5. The summed E-state index contributed by atoms with van der Waals surface area (Å²) in [6, 6.07) is 8.12. The Morgan fingerprint density at radius 3 is 2.27 bits per heavy atom. The molecule has 8 heteroatoms. The van der Waals surface area contributed by atoms with Crippen molar-refractivity contribution in [2.24, 2.45) is 0 Å². The first-order valence-electron chi connectivity index (χ1n) is 10.3. The number of benzene rings is 1. The van der Waals surface area contributed by atoms with Gasteiger partial charge in [-0.2, -0.15) is 0 Å². The molecule has 0 bridgehead atoms. The van der Waals surface area contributed by atoms with Crippen LogP contribution in [0.3, 0.4) is 0 Å². The molecule has 0 atom stereocenters. The number of fused-ring (bicyclic) bond motifs is 1. The molecule has 1 aliphatic rings. The van der Waals surface area contributed by atoms with E-state index in [0.717, 1.165) is 25.7 Å². The second-order valence-electron chi connectivity index (χ2n) is 7.71. The van der Waals surface area contributed by atoms with Gasteiger partial charge in [0.2, 0.25) is 0 Å². The summed E-state index contributed by atoms with van der Waals surface area (Å²) in [4.78, 5) is 38.4. The molecular weight excluding hydrogens is 400 g/mol. The molecule has 0 unspecified atom stereocenters. The third-order valence-corrected chi connectivity index (χ3v) is 6.07. The Bertz CT molecular complexity index is 880. The minimum absolute atomic E-state index is 0.0291. The number of amides is 4. The molecule has 4 amide bonds. The average Bonchev–Trinajstić information content (AvgIpc) is 3.07. The third-order valence-electron chi connectivity index (χ3n) is 4.83. The highest BCUT2D eigenvalue weighted by molar-refractivity contribution is 7.14. The normalized spacial score (nSPS) is 13.6. The van der Waals surface area contributed by atoms with Crippen molar-refractivity contribution in [2.75, 3.05) is 5.32 Å². The van der Waals surface area contributed by atoms with Crippen LogP contribution in [0.5, 0.6) is 0 Å². The van der Waals surface area contributed by atoms with Crippen molar-refractivity contribution >= 4 is 34.9 Å². The lowest BCUT2D eigenvalue weighted by molar-refractivity contribution is 0.0849. The molecule has 160 valence electrons. The van der Waals surface area contributed by atoms with Gasteiger partial charge in [-0.1, -0.05) is 12.8 Å². The summed E-state index contributed by atoms with van der Waals surface area (Å²) in [6.07, 6.45) is 6.84. The lowest BCUT2D eigenvalue weighted by Gasteiger charge is -2.10. The zero-order chi connectivity index (χ0) is 21.5. The lowest BCUT2D eigenvalue weighted by atomic mass is 10.00. The second kappa shape index (κ2) is 10.2. The van der Waals surface area contributed by atoms with Crippen LogP contribution in [0.15, 0.2) is 30.3 Å². The maximum Gasteiger partial charge on any atom is 0.319 e. The number of urea groups is 1. The number of anilines is 1. The molecule has 0 spiro atoms. The highest BCUT2D eigenvalue weighted by Crippen LogP contribution is 2.28. The van der Waals surface area contributed by atoms with Crippen LogP contribution in [0.25, 0.3) is 0 Å². The topological polar surface area (TPSA) is 99.3 Å². The first kappa shape index (κ1) is 21.8. The van der Waals surface area contributed by atoms with E-state index in [0.29, 0.717) is 16.1 Å². The zero-order valence-corrected chi connectivity index (χ0v) is 18.2. The van der Waals surface area contributed by atoms with E-state index in [2.05, 4.69) is 21.5 Å². The Balaban J connectivity index is 1.53. The number of rotatable bonds is 4. The molecule has 1 aromatic heterocycles. The molecule has 3 rings (SSSR count). The van der Waals surface area contributed by atoms with Crippen LogP contribution in [-0.2, 0) is 12.8 Å². The second-order valence-corrected chi connectivity index (χ2v) is 8.85. The Morgan fingerprint density at radius 2 is 1.57 bits per heavy atom. The number of carbonyl (C=O) groups excluding carboxylic acids is 3. The van der Waals surface area contributed by atoms with Crippen LogP contribution in [0.2, 0.25) is 0 Å². The van der Waals surface area contributed by atoms with Gasteiger partial charge >= 0.3 is 6.03 Å². The van der Waals surface area contributed by atoms with E-state index in [1.165, 1.54) is 34.6 Å². The van der Waals surface area contributed by atoms with Crippen LogP contribution in [-0.4, -0.2) is 23.9 Å². The van der Waals surface area contributed by atoms with Crippen LogP contribution in [0, 0.1) is 0 Å². The zero-order valence-electron chi connectivity index (χ0n) is 17.3. The number of carbonyl (C=O) groups is 3. The van der Waals surface area contributed by atoms with E-state index in [1.807, 2.05) is 19.9 Å². The van der Waals surface area contributed by atoms with Gasteiger partial charge in [0.1, 0.15) is 0 Å². The van der Waals surface area contributed by atoms with Crippen LogP contribution < -0.4 is 21.5 Å². The van der Waals surface area contributed by atoms with Crippen molar-refractivity contribution in [3.05, 3.63) is 51.2 Å². The monoisotopic (exact) mass is 428 g/mol. The van der Waals surface area contributed by atoms with Crippen molar-refractivity contribution in [1.29, 1.82) is 0 Å². The fourth-order valence-electron chi connectivity index (χ4n) is 3.34. The number of thiophene rings is 1. The number of hydrazine groups is 1. The third kappa shape index (κ3) is 6.06. The molecule has 4 N–H and O–H groups in total. The molecule has 0 radical (unpaired) electrons. The van der Waals surface area contributed by atoms with Gasteiger partial charge < -0.3 is 10.6 Å². The molecule has 1 aliphatic carbocycles. The summed E-state index contributed by atoms with van der Waals surface area (Å²) in [5.74, 6) is -0.722. The van der Waals surface area contributed by atoms with Gasteiger partial charge in [0.15, 0.2) is 0 Å². The summed E-state index contributed by atoms with van der Waals surface area (Å²) in [7, 11) is 0. The number of hydrogen-bond acceptors (Lipinski definition) is 4. The van der Waals surface area contributed by atoms with Gasteiger partial charge in [0.25, 0.3) is 11.8 Å². The van der Waals surface area contributed by atoms with E-state index in [4.69, 9.17) is 0 Å². The molecule has 0 fully saturated rings. The van der Waals surface area contributed by atoms with Crippen LogP contribution >= 0.6 is 11.3 Å². The Labute approximate surface area is 180 Å². The van der Waals surface area contributed by atoms with Gasteiger partial charge in [-0.3, -0.25) is 20.4 Å². The van der Waals surface area contributed by atoms with Crippen LogP contribution in [0.4, 0.5) is 10.5 Å². The molecule has 7 nitrogen and oxygen atoms in total. The molecule has 30 heavy (non-hydrogen) atoms. The maximum atomic E-state index is 12.5. The van der Waals surface area contributed by atoms with E-state index >= 15 is 0 Å². The molecular formula is C22H28N4O3S. The quantitative estimate of drug-likeness (QED) is 0.554. The van der Waals surface area contributed by atoms with Gasteiger partial charge in [-0.15, -0.1) is 11.3 Å². The fourth-order valence-corrected chi connectivity index (χ4v) is 4.49. The molecule has 2 aromatic rings. The van der Waals surface area contributed by atoms with Crippen molar-refractivity contribution in [1.82, 2.24) is 16.2 Å². The SMILES string of the molecule is CC(C)NC(=O)Nc1ccc(C(=O)NNC(=O)c2cc3c(s2)CCCCCC3)cc1. The molecule has 0 aliphatic heterocycles. The summed E-state index contributed by atoms with van der Waals surface area (Å²) in [5.41, 5.74) is 7.17. The average molecular weight is 429 g/mol. The minimum Gasteiger partial charge on any atom is -0.336 e. The van der Waals surface area contributed by atoms with Gasteiger partial charge in [-0.25, -0.2) is 4.79 Å². The van der Waals surface area contributed by atoms with E-state index in [1.54, 1.807) is 24.3 Å². The fraction of sp³-hybridized carbons (Fsp3) is 0.409. The van der Waals surface area contributed by atoms with Gasteiger partial charge in [0, 0.05) is 22.2 Å². The number of nitrogens with one attached hydrogen (secondary N) is 4. The van der Waals surface area contributed by atoms with Crippen LogP contribution in [0.1, 0.15) is 70.0 Å².